The molecule has 3 rings (SSSR count). The van der Waals surface area contributed by atoms with E-state index in [0.717, 1.165) is 15.4 Å². The molecule has 0 atom stereocenters. The van der Waals surface area contributed by atoms with Crippen molar-refractivity contribution in [1.29, 1.82) is 0 Å². The number of benzene rings is 1. The van der Waals surface area contributed by atoms with E-state index in [1.54, 1.807) is 0 Å². The predicted octanol–water partition coefficient (Wildman–Crippen LogP) is 3.96. The van der Waals surface area contributed by atoms with Gasteiger partial charge in [-0.3, -0.25) is 4.98 Å². The minimum Gasteiger partial charge on any atom is -0.478 e. The number of pyridine rings is 1. The summed E-state index contributed by atoms with van der Waals surface area (Å²) in [7, 11) is 0. The first-order valence-electron chi connectivity index (χ1n) is 5.53. The number of aromatic carboxylic acids is 1. The van der Waals surface area contributed by atoms with Gasteiger partial charge in [0, 0.05) is 16.1 Å². The molecule has 19 heavy (non-hydrogen) atoms. The Kier molecular flexibility index (Phi) is 2.83. The van der Waals surface area contributed by atoms with Crippen LogP contribution in [-0.2, 0) is 0 Å². The van der Waals surface area contributed by atoms with Gasteiger partial charge in [-0.15, -0.1) is 0 Å². The third-order valence-electron chi connectivity index (χ3n) is 2.77. The van der Waals surface area contributed by atoms with Crippen LogP contribution in [0.4, 0.5) is 0 Å². The van der Waals surface area contributed by atoms with Crippen molar-refractivity contribution in [3.05, 3.63) is 52.6 Å². The summed E-state index contributed by atoms with van der Waals surface area (Å²) in [4.78, 5) is 15.1. The van der Waals surface area contributed by atoms with Crippen LogP contribution in [0.2, 0.25) is 0 Å². The molecule has 0 aliphatic heterocycles. The number of furan rings is 1. The van der Waals surface area contributed by atoms with E-state index in [-0.39, 0.29) is 5.56 Å². The van der Waals surface area contributed by atoms with Gasteiger partial charge in [-0.2, -0.15) is 0 Å². The molecule has 2 aromatic heterocycles. The van der Waals surface area contributed by atoms with E-state index < -0.39 is 5.97 Å². The van der Waals surface area contributed by atoms with E-state index in [4.69, 9.17) is 9.52 Å². The van der Waals surface area contributed by atoms with Crippen LogP contribution < -0.4 is 0 Å². The highest BCUT2D eigenvalue weighted by atomic mass is 79.9. The highest BCUT2D eigenvalue weighted by Gasteiger charge is 2.11. The summed E-state index contributed by atoms with van der Waals surface area (Å²) in [6.07, 6.45) is 1.46. The molecule has 0 bridgehead atoms. The monoisotopic (exact) mass is 317 g/mol. The summed E-state index contributed by atoms with van der Waals surface area (Å²) in [5.41, 5.74) is 1.42. The minimum atomic E-state index is -0.985. The summed E-state index contributed by atoms with van der Waals surface area (Å²) in [5.74, 6) is -0.439. The zero-order valence-corrected chi connectivity index (χ0v) is 11.2. The number of halogens is 1. The van der Waals surface area contributed by atoms with Crippen LogP contribution in [0.25, 0.3) is 22.4 Å². The Hall–Kier alpha value is -2.14. The lowest BCUT2D eigenvalue weighted by molar-refractivity contribution is 0.0697. The zero-order chi connectivity index (χ0) is 13.4. The third-order valence-corrected chi connectivity index (χ3v) is 3.46. The largest absolute Gasteiger partial charge is 0.478 e. The van der Waals surface area contributed by atoms with E-state index in [1.807, 2.05) is 24.3 Å². The Morgan fingerprint density at radius 2 is 2.11 bits per heavy atom. The topological polar surface area (TPSA) is 63.3 Å². The minimum absolute atomic E-state index is 0.185. The summed E-state index contributed by atoms with van der Waals surface area (Å²) in [6, 6.07) is 10.4. The summed E-state index contributed by atoms with van der Waals surface area (Å²) in [6.45, 7) is 0. The van der Waals surface area contributed by atoms with Crippen LogP contribution in [0, 0.1) is 0 Å². The Balaban J connectivity index is 2.16. The van der Waals surface area contributed by atoms with Crippen molar-refractivity contribution in [3.63, 3.8) is 0 Å². The number of carboxylic acid groups (broad SMARTS) is 1. The lowest BCUT2D eigenvalue weighted by atomic mass is 10.2. The van der Waals surface area contributed by atoms with E-state index >= 15 is 0 Å². The van der Waals surface area contributed by atoms with Crippen molar-refractivity contribution in [2.24, 2.45) is 0 Å². The van der Waals surface area contributed by atoms with Gasteiger partial charge in [-0.05, 0) is 30.3 Å². The molecular weight excluding hydrogens is 310 g/mol. The molecule has 0 radical (unpaired) electrons. The number of aromatic nitrogens is 1. The second-order valence-corrected chi connectivity index (χ2v) is 4.85. The van der Waals surface area contributed by atoms with Crippen molar-refractivity contribution in [2.45, 2.75) is 0 Å². The Labute approximate surface area is 116 Å². The quantitative estimate of drug-likeness (QED) is 0.777. The van der Waals surface area contributed by atoms with Crippen molar-refractivity contribution < 1.29 is 14.3 Å². The van der Waals surface area contributed by atoms with Crippen molar-refractivity contribution in [1.82, 2.24) is 4.98 Å². The van der Waals surface area contributed by atoms with E-state index in [9.17, 15) is 4.79 Å². The van der Waals surface area contributed by atoms with Gasteiger partial charge in [0.15, 0.2) is 5.76 Å². The SMILES string of the molecule is O=C(O)c1ccnc(-c2cc3c(Br)cccc3o2)c1. The van der Waals surface area contributed by atoms with Crippen molar-refractivity contribution >= 4 is 32.9 Å². The number of hydrogen-bond acceptors (Lipinski definition) is 3. The number of fused-ring (bicyclic) bond motifs is 1. The number of carbonyl (C=O) groups is 1. The second-order valence-electron chi connectivity index (χ2n) is 4.00. The molecule has 4 nitrogen and oxygen atoms in total. The molecule has 0 aliphatic carbocycles. The van der Waals surface area contributed by atoms with Gasteiger partial charge in [0.05, 0.1) is 5.56 Å². The molecule has 0 amide bonds. The average molecular weight is 318 g/mol. The second kappa shape index (κ2) is 4.51. The zero-order valence-electron chi connectivity index (χ0n) is 9.63. The lowest BCUT2D eigenvalue weighted by Crippen LogP contribution is -1.96. The summed E-state index contributed by atoms with van der Waals surface area (Å²) in [5, 5.41) is 9.90. The third kappa shape index (κ3) is 2.13. The average Bonchev–Trinajstić information content (AvgIpc) is 2.84. The lowest BCUT2D eigenvalue weighted by Gasteiger charge is -1.97. The maximum absolute atomic E-state index is 10.9. The fourth-order valence-electron chi connectivity index (χ4n) is 1.85. The molecular formula is C14H8BrNO3. The maximum Gasteiger partial charge on any atom is 0.335 e. The first kappa shape index (κ1) is 11.9. The Morgan fingerprint density at radius 3 is 2.84 bits per heavy atom. The van der Waals surface area contributed by atoms with Crippen molar-refractivity contribution in [3.8, 4) is 11.5 Å². The molecule has 0 saturated heterocycles. The Morgan fingerprint density at radius 1 is 1.26 bits per heavy atom. The summed E-state index contributed by atoms with van der Waals surface area (Å²) < 4.78 is 6.61. The highest BCUT2D eigenvalue weighted by Crippen LogP contribution is 2.31. The number of carboxylic acids is 1. The molecule has 0 spiro atoms. The van der Waals surface area contributed by atoms with Crippen LogP contribution in [0.3, 0.4) is 0 Å². The van der Waals surface area contributed by atoms with E-state index in [0.29, 0.717) is 11.5 Å². The van der Waals surface area contributed by atoms with Crippen molar-refractivity contribution in [2.75, 3.05) is 0 Å². The summed E-state index contributed by atoms with van der Waals surface area (Å²) >= 11 is 3.45. The van der Waals surface area contributed by atoms with Gasteiger partial charge in [0.25, 0.3) is 0 Å². The molecule has 0 saturated carbocycles. The van der Waals surface area contributed by atoms with Crippen LogP contribution in [-0.4, -0.2) is 16.1 Å². The molecule has 0 fully saturated rings. The molecule has 3 aromatic rings. The van der Waals surface area contributed by atoms with Crippen LogP contribution >= 0.6 is 15.9 Å². The van der Waals surface area contributed by atoms with Gasteiger partial charge < -0.3 is 9.52 Å². The first-order chi connectivity index (χ1) is 9.15. The van der Waals surface area contributed by atoms with Crippen LogP contribution in [0.15, 0.2) is 51.5 Å². The molecule has 5 heteroatoms. The first-order valence-corrected chi connectivity index (χ1v) is 6.32. The number of rotatable bonds is 2. The standard InChI is InChI=1S/C14H8BrNO3/c15-10-2-1-3-12-9(10)7-13(19-12)11-6-8(14(17)18)4-5-16-11/h1-7H,(H,17,18). The van der Waals surface area contributed by atoms with Gasteiger partial charge >= 0.3 is 5.97 Å². The molecule has 0 unspecified atom stereocenters. The van der Waals surface area contributed by atoms with Crippen LogP contribution in [0.5, 0.6) is 0 Å². The smallest absolute Gasteiger partial charge is 0.335 e. The van der Waals surface area contributed by atoms with Gasteiger partial charge in [0.2, 0.25) is 0 Å². The van der Waals surface area contributed by atoms with Gasteiger partial charge in [-0.25, -0.2) is 4.79 Å². The number of nitrogens with zero attached hydrogens (tertiary/aromatic N) is 1. The molecule has 1 N–H and O–H groups in total. The maximum atomic E-state index is 10.9. The van der Waals surface area contributed by atoms with Gasteiger partial charge in [-0.1, -0.05) is 22.0 Å². The highest BCUT2D eigenvalue weighted by molar-refractivity contribution is 9.10. The normalized spacial score (nSPS) is 10.8. The van der Waals surface area contributed by atoms with E-state index in [2.05, 4.69) is 20.9 Å². The fraction of sp³-hybridized carbons (Fsp3) is 0. The number of hydrogen-bond donors (Lipinski definition) is 1. The van der Waals surface area contributed by atoms with Crippen LogP contribution in [0.1, 0.15) is 10.4 Å². The van der Waals surface area contributed by atoms with E-state index in [1.165, 1.54) is 18.3 Å². The molecule has 94 valence electrons. The molecule has 1 aromatic carbocycles. The molecule has 0 aliphatic rings. The molecule has 2 heterocycles. The predicted molar refractivity (Wildman–Crippen MR) is 74.1 cm³/mol. The fourth-order valence-corrected chi connectivity index (χ4v) is 2.31. The Bertz CT molecular complexity index is 779. The van der Waals surface area contributed by atoms with Gasteiger partial charge in [0.1, 0.15) is 11.3 Å².